The minimum absolute atomic E-state index is 0.200. The van der Waals surface area contributed by atoms with Gasteiger partial charge in [-0.05, 0) is 6.42 Å². The van der Waals surface area contributed by atoms with E-state index in [1.807, 2.05) is 6.92 Å². The van der Waals surface area contributed by atoms with Gasteiger partial charge in [0.2, 0.25) is 0 Å². The van der Waals surface area contributed by atoms with Crippen LogP contribution in [0, 0.1) is 0 Å². The highest BCUT2D eigenvalue weighted by molar-refractivity contribution is 5.71. The first kappa shape index (κ1) is 10.2. The van der Waals surface area contributed by atoms with Crippen molar-refractivity contribution in [1.82, 2.24) is 5.32 Å². The summed E-state index contributed by atoms with van der Waals surface area (Å²) in [6.45, 7) is 6.89. The van der Waals surface area contributed by atoms with E-state index in [1.165, 1.54) is 0 Å². The van der Waals surface area contributed by atoms with Crippen LogP contribution >= 0.6 is 0 Å². The Hall–Kier alpha value is -0.830. The van der Waals surface area contributed by atoms with Crippen molar-refractivity contribution in [1.29, 1.82) is 0 Å². The number of nitrogens with one attached hydrogen (secondary N) is 1. The maximum Gasteiger partial charge on any atom is 0.319 e. The minimum Gasteiger partial charge on any atom is -0.465 e. The Morgan fingerprint density at radius 2 is 2.45 bits per heavy atom. The van der Waals surface area contributed by atoms with Crippen molar-refractivity contribution in [3.8, 4) is 0 Å². The summed E-state index contributed by atoms with van der Waals surface area (Å²) in [5.74, 6) is -0.200. The molecule has 0 unspecified atom stereocenters. The largest absolute Gasteiger partial charge is 0.465 e. The Bertz CT molecular complexity index is 123. The standard InChI is InChI=1S/C8H15NO2/c1-3-5-9-7-8(10)11-6-4-2/h3,9H,1,4-7H2,2H3. The molecule has 0 aromatic rings. The number of hydrogen-bond acceptors (Lipinski definition) is 3. The van der Waals surface area contributed by atoms with E-state index in [0.717, 1.165) is 6.42 Å². The fourth-order valence-electron chi connectivity index (χ4n) is 0.543. The molecule has 0 aromatic heterocycles. The van der Waals surface area contributed by atoms with Crippen molar-refractivity contribution in [2.45, 2.75) is 13.3 Å². The second-order valence-electron chi connectivity index (χ2n) is 2.14. The van der Waals surface area contributed by atoms with Gasteiger partial charge in [-0.25, -0.2) is 0 Å². The molecule has 0 bridgehead atoms. The summed E-state index contributed by atoms with van der Waals surface area (Å²) in [7, 11) is 0. The Balaban J connectivity index is 3.15. The summed E-state index contributed by atoms with van der Waals surface area (Å²) in [5, 5.41) is 2.85. The molecule has 0 spiro atoms. The molecular weight excluding hydrogens is 142 g/mol. The first-order chi connectivity index (χ1) is 5.31. The molecular formula is C8H15NO2. The van der Waals surface area contributed by atoms with Gasteiger partial charge in [-0.2, -0.15) is 0 Å². The zero-order valence-corrected chi connectivity index (χ0v) is 6.93. The van der Waals surface area contributed by atoms with Crippen molar-refractivity contribution < 1.29 is 9.53 Å². The van der Waals surface area contributed by atoms with E-state index in [4.69, 9.17) is 4.74 Å². The van der Waals surface area contributed by atoms with Crippen LogP contribution in [-0.2, 0) is 9.53 Å². The lowest BCUT2D eigenvalue weighted by Crippen LogP contribution is -2.24. The third kappa shape index (κ3) is 7.06. The highest BCUT2D eigenvalue weighted by atomic mass is 16.5. The van der Waals surface area contributed by atoms with E-state index in [2.05, 4.69) is 11.9 Å². The van der Waals surface area contributed by atoms with Crippen LogP contribution in [0.5, 0.6) is 0 Å². The molecule has 3 heteroatoms. The number of ether oxygens (including phenoxy) is 1. The fourth-order valence-corrected chi connectivity index (χ4v) is 0.543. The predicted molar refractivity (Wildman–Crippen MR) is 44.3 cm³/mol. The minimum atomic E-state index is -0.200. The molecule has 0 aliphatic carbocycles. The van der Waals surface area contributed by atoms with Crippen LogP contribution in [-0.4, -0.2) is 25.7 Å². The molecule has 1 N–H and O–H groups in total. The van der Waals surface area contributed by atoms with Crippen LogP contribution in [0.1, 0.15) is 13.3 Å². The molecule has 0 atom stereocenters. The molecule has 0 amide bonds. The zero-order valence-electron chi connectivity index (χ0n) is 6.93. The lowest BCUT2D eigenvalue weighted by Gasteiger charge is -2.02. The first-order valence-electron chi connectivity index (χ1n) is 3.78. The molecule has 0 heterocycles. The zero-order chi connectivity index (χ0) is 8.53. The van der Waals surface area contributed by atoms with Crippen molar-refractivity contribution in [2.75, 3.05) is 19.7 Å². The van der Waals surface area contributed by atoms with Crippen LogP contribution in [0.2, 0.25) is 0 Å². The number of rotatable bonds is 6. The summed E-state index contributed by atoms with van der Waals surface area (Å²) in [6.07, 6.45) is 2.57. The van der Waals surface area contributed by atoms with E-state index < -0.39 is 0 Å². The summed E-state index contributed by atoms with van der Waals surface area (Å²) < 4.78 is 4.80. The van der Waals surface area contributed by atoms with Crippen molar-refractivity contribution >= 4 is 5.97 Å². The molecule has 3 nitrogen and oxygen atoms in total. The molecule has 0 rings (SSSR count). The molecule has 64 valence electrons. The van der Waals surface area contributed by atoms with Crippen LogP contribution < -0.4 is 5.32 Å². The van der Waals surface area contributed by atoms with Gasteiger partial charge in [0, 0.05) is 6.54 Å². The van der Waals surface area contributed by atoms with E-state index in [1.54, 1.807) is 6.08 Å². The average Bonchev–Trinajstić information content (AvgIpc) is 2.01. The monoisotopic (exact) mass is 157 g/mol. The summed E-state index contributed by atoms with van der Waals surface area (Å²) >= 11 is 0. The van der Waals surface area contributed by atoms with Crippen LogP contribution in [0.25, 0.3) is 0 Å². The maximum atomic E-state index is 10.8. The van der Waals surface area contributed by atoms with E-state index >= 15 is 0 Å². The number of carbonyl (C=O) groups excluding carboxylic acids is 1. The Morgan fingerprint density at radius 1 is 1.73 bits per heavy atom. The highest BCUT2D eigenvalue weighted by Crippen LogP contribution is 1.80. The second-order valence-corrected chi connectivity index (χ2v) is 2.14. The molecule has 0 aromatic carbocycles. The predicted octanol–water partition coefficient (Wildman–Crippen LogP) is 0.715. The van der Waals surface area contributed by atoms with Gasteiger partial charge in [0.25, 0.3) is 0 Å². The third-order valence-corrected chi connectivity index (χ3v) is 1.03. The van der Waals surface area contributed by atoms with Crippen molar-refractivity contribution in [3.63, 3.8) is 0 Å². The van der Waals surface area contributed by atoms with Crippen LogP contribution in [0.3, 0.4) is 0 Å². The van der Waals surface area contributed by atoms with E-state index in [-0.39, 0.29) is 12.5 Å². The molecule has 0 fully saturated rings. The molecule has 0 aliphatic heterocycles. The molecule has 0 aliphatic rings. The Morgan fingerprint density at radius 3 is 3.00 bits per heavy atom. The number of esters is 1. The average molecular weight is 157 g/mol. The summed E-state index contributed by atoms with van der Waals surface area (Å²) in [6, 6.07) is 0. The van der Waals surface area contributed by atoms with Gasteiger partial charge >= 0.3 is 5.97 Å². The van der Waals surface area contributed by atoms with Gasteiger partial charge in [0.05, 0.1) is 13.2 Å². The van der Waals surface area contributed by atoms with Crippen LogP contribution in [0.15, 0.2) is 12.7 Å². The maximum absolute atomic E-state index is 10.8. The van der Waals surface area contributed by atoms with Gasteiger partial charge in [-0.15, -0.1) is 6.58 Å². The van der Waals surface area contributed by atoms with Crippen LogP contribution in [0.4, 0.5) is 0 Å². The van der Waals surface area contributed by atoms with Crippen molar-refractivity contribution in [3.05, 3.63) is 12.7 Å². The van der Waals surface area contributed by atoms with E-state index in [9.17, 15) is 4.79 Å². The van der Waals surface area contributed by atoms with Gasteiger partial charge in [-0.1, -0.05) is 13.0 Å². The lowest BCUT2D eigenvalue weighted by molar-refractivity contribution is -0.142. The van der Waals surface area contributed by atoms with E-state index in [0.29, 0.717) is 13.2 Å². The van der Waals surface area contributed by atoms with Gasteiger partial charge in [0.1, 0.15) is 0 Å². The van der Waals surface area contributed by atoms with Gasteiger partial charge in [-0.3, -0.25) is 4.79 Å². The topological polar surface area (TPSA) is 38.3 Å². The highest BCUT2D eigenvalue weighted by Gasteiger charge is 1.98. The van der Waals surface area contributed by atoms with Crippen molar-refractivity contribution in [2.24, 2.45) is 0 Å². The van der Waals surface area contributed by atoms with Gasteiger partial charge in [0.15, 0.2) is 0 Å². The Kier molecular flexibility index (Phi) is 6.73. The SMILES string of the molecule is C=CCNCC(=O)OCCC. The molecule has 0 saturated carbocycles. The summed E-state index contributed by atoms with van der Waals surface area (Å²) in [5.41, 5.74) is 0. The normalized spacial score (nSPS) is 9.18. The quantitative estimate of drug-likeness (QED) is 0.350. The summed E-state index contributed by atoms with van der Waals surface area (Å²) in [4.78, 5) is 10.8. The second kappa shape index (κ2) is 7.28. The molecule has 11 heavy (non-hydrogen) atoms. The molecule has 0 radical (unpaired) electrons. The smallest absolute Gasteiger partial charge is 0.319 e. The fraction of sp³-hybridized carbons (Fsp3) is 0.625. The first-order valence-corrected chi connectivity index (χ1v) is 3.78. The third-order valence-electron chi connectivity index (χ3n) is 1.03. The molecule has 0 saturated heterocycles. The Labute approximate surface area is 67.4 Å². The number of hydrogen-bond donors (Lipinski definition) is 1. The number of carbonyl (C=O) groups is 1. The lowest BCUT2D eigenvalue weighted by atomic mass is 10.5. The van der Waals surface area contributed by atoms with Gasteiger partial charge < -0.3 is 10.1 Å².